The van der Waals surface area contributed by atoms with Gasteiger partial charge in [0.25, 0.3) is 0 Å². The second-order valence-corrected chi connectivity index (χ2v) is 1.91. The summed E-state index contributed by atoms with van der Waals surface area (Å²) in [7, 11) is 0. The van der Waals surface area contributed by atoms with Crippen molar-refractivity contribution in [2.24, 2.45) is 5.73 Å². The Morgan fingerprint density at radius 1 is 1.36 bits per heavy atom. The smallest absolute Gasteiger partial charge is 0.217 e. The van der Waals surface area contributed by atoms with E-state index in [9.17, 15) is 9.59 Å². The van der Waals surface area contributed by atoms with Crippen LogP contribution in [-0.2, 0) is 9.59 Å². The molecule has 11 heavy (non-hydrogen) atoms. The van der Waals surface area contributed by atoms with Crippen LogP contribution in [0.3, 0.4) is 0 Å². The maximum Gasteiger partial charge on any atom is 0.217 e. The number of amides is 2. The third kappa shape index (κ3) is 27.7. The number of carbonyl (C=O) groups is 2. The van der Waals surface area contributed by atoms with Crippen molar-refractivity contribution in [2.45, 2.75) is 27.2 Å². The molecule has 4 heteroatoms. The van der Waals surface area contributed by atoms with E-state index in [4.69, 9.17) is 0 Å². The van der Waals surface area contributed by atoms with Crippen molar-refractivity contribution in [2.75, 3.05) is 6.54 Å². The van der Waals surface area contributed by atoms with Crippen molar-refractivity contribution in [3.8, 4) is 0 Å². The van der Waals surface area contributed by atoms with E-state index in [0.717, 1.165) is 6.54 Å². The first-order chi connectivity index (χ1) is 5.04. The number of rotatable bonds is 2. The van der Waals surface area contributed by atoms with Crippen LogP contribution in [0.5, 0.6) is 0 Å². The van der Waals surface area contributed by atoms with Gasteiger partial charge >= 0.3 is 0 Å². The van der Waals surface area contributed by atoms with E-state index in [1.54, 1.807) is 6.92 Å². The third-order valence-electron chi connectivity index (χ3n) is 0.774. The average molecular weight is 160 g/mol. The van der Waals surface area contributed by atoms with Crippen LogP contribution in [0.25, 0.3) is 0 Å². The van der Waals surface area contributed by atoms with E-state index < -0.39 is 0 Å². The largest absolute Gasteiger partial charge is 0.370 e. The number of nitrogens with two attached hydrogens (primary N) is 1. The van der Waals surface area contributed by atoms with Gasteiger partial charge in [0.2, 0.25) is 11.8 Å². The second-order valence-electron chi connectivity index (χ2n) is 1.91. The van der Waals surface area contributed by atoms with Gasteiger partial charge in [0.1, 0.15) is 0 Å². The molecule has 0 aliphatic rings. The molecule has 0 aromatic carbocycles. The maximum absolute atomic E-state index is 9.93. The van der Waals surface area contributed by atoms with Gasteiger partial charge in [-0.05, 0) is 6.92 Å². The monoisotopic (exact) mass is 160 g/mol. The molecule has 0 fully saturated rings. The Morgan fingerprint density at radius 3 is 1.73 bits per heavy atom. The van der Waals surface area contributed by atoms with Crippen LogP contribution in [0.15, 0.2) is 0 Å². The summed E-state index contributed by atoms with van der Waals surface area (Å²) in [6.45, 7) is 5.85. The highest BCUT2D eigenvalue weighted by molar-refractivity contribution is 5.73. The molecular formula is C7H16N2O2. The fourth-order valence-electron chi connectivity index (χ4n) is 0.249. The van der Waals surface area contributed by atoms with Crippen LogP contribution in [0.2, 0.25) is 0 Å². The first-order valence-corrected chi connectivity index (χ1v) is 3.57. The highest BCUT2D eigenvalue weighted by Crippen LogP contribution is 1.63. The Hall–Kier alpha value is -1.06. The van der Waals surface area contributed by atoms with Gasteiger partial charge in [0, 0.05) is 19.9 Å². The zero-order chi connectivity index (χ0) is 9.28. The van der Waals surface area contributed by atoms with Crippen LogP contribution in [-0.4, -0.2) is 18.4 Å². The minimum absolute atomic E-state index is 0.0394. The van der Waals surface area contributed by atoms with Gasteiger partial charge in [0.05, 0.1) is 0 Å². The van der Waals surface area contributed by atoms with Crippen molar-refractivity contribution in [1.82, 2.24) is 5.32 Å². The van der Waals surface area contributed by atoms with E-state index in [0.29, 0.717) is 6.42 Å². The third-order valence-corrected chi connectivity index (χ3v) is 0.774. The van der Waals surface area contributed by atoms with Gasteiger partial charge in [-0.25, -0.2) is 0 Å². The lowest BCUT2D eigenvalue weighted by molar-refractivity contribution is -0.119. The van der Waals surface area contributed by atoms with E-state index in [1.807, 2.05) is 6.92 Å². The molecule has 0 spiro atoms. The highest BCUT2D eigenvalue weighted by atomic mass is 16.1. The molecule has 0 atom stereocenters. The Bertz CT molecular complexity index is 124. The van der Waals surface area contributed by atoms with E-state index in [-0.39, 0.29) is 11.8 Å². The summed E-state index contributed by atoms with van der Waals surface area (Å²) in [5.41, 5.74) is 4.65. The standard InChI is InChI=1S/C4H9NO.C3H7NO/c1-3-5-4(2)6;1-2-3(4)5/h3H2,1-2H3,(H,5,6);2H2,1H3,(H2,4,5). The lowest BCUT2D eigenvalue weighted by atomic mass is 10.5. The van der Waals surface area contributed by atoms with Crippen LogP contribution < -0.4 is 11.1 Å². The Kier molecular flexibility index (Phi) is 10.2. The summed E-state index contributed by atoms with van der Waals surface area (Å²) >= 11 is 0. The van der Waals surface area contributed by atoms with Gasteiger partial charge in [-0.3, -0.25) is 9.59 Å². The van der Waals surface area contributed by atoms with E-state index in [2.05, 4.69) is 11.1 Å². The molecule has 4 nitrogen and oxygen atoms in total. The molecule has 0 unspecified atom stereocenters. The molecular weight excluding hydrogens is 144 g/mol. The predicted octanol–water partition coefficient (Wildman–Crippen LogP) is 0.0241. The average Bonchev–Trinajstić information content (AvgIpc) is 1.89. The lowest BCUT2D eigenvalue weighted by Gasteiger charge is -1.88. The fraction of sp³-hybridized carbons (Fsp3) is 0.714. The molecule has 0 saturated heterocycles. The van der Waals surface area contributed by atoms with Crippen molar-refractivity contribution in [3.05, 3.63) is 0 Å². The number of hydrogen-bond donors (Lipinski definition) is 2. The quantitative estimate of drug-likeness (QED) is 0.598. The Morgan fingerprint density at radius 2 is 1.73 bits per heavy atom. The Labute approximate surface area is 67.1 Å². The zero-order valence-electron chi connectivity index (χ0n) is 7.31. The van der Waals surface area contributed by atoms with Crippen molar-refractivity contribution in [3.63, 3.8) is 0 Å². The molecule has 0 rings (SSSR count). The molecule has 0 aliphatic heterocycles. The summed E-state index contributed by atoms with van der Waals surface area (Å²) < 4.78 is 0. The van der Waals surface area contributed by atoms with E-state index in [1.165, 1.54) is 6.92 Å². The number of primary amides is 1. The number of nitrogens with one attached hydrogen (secondary N) is 1. The van der Waals surface area contributed by atoms with Gasteiger partial charge in [0.15, 0.2) is 0 Å². The molecule has 66 valence electrons. The fourth-order valence-corrected chi connectivity index (χ4v) is 0.249. The molecule has 0 radical (unpaired) electrons. The molecule has 0 bridgehead atoms. The molecule has 2 amide bonds. The molecule has 3 N–H and O–H groups in total. The van der Waals surface area contributed by atoms with Crippen LogP contribution >= 0.6 is 0 Å². The normalized spacial score (nSPS) is 7.55. The van der Waals surface area contributed by atoms with Gasteiger partial charge < -0.3 is 11.1 Å². The van der Waals surface area contributed by atoms with Crippen LogP contribution in [0.1, 0.15) is 27.2 Å². The van der Waals surface area contributed by atoms with Crippen LogP contribution in [0, 0.1) is 0 Å². The summed E-state index contributed by atoms with van der Waals surface area (Å²) in [4.78, 5) is 19.5. The van der Waals surface area contributed by atoms with Crippen molar-refractivity contribution >= 4 is 11.8 Å². The van der Waals surface area contributed by atoms with E-state index >= 15 is 0 Å². The SMILES string of the molecule is CCC(N)=O.CCNC(C)=O. The predicted molar refractivity (Wildman–Crippen MR) is 43.8 cm³/mol. The molecule has 0 aromatic rings. The van der Waals surface area contributed by atoms with Gasteiger partial charge in [-0.15, -0.1) is 0 Å². The van der Waals surface area contributed by atoms with Gasteiger partial charge in [-0.2, -0.15) is 0 Å². The second kappa shape index (κ2) is 8.94. The summed E-state index contributed by atoms with van der Waals surface area (Å²) in [6, 6.07) is 0. The minimum atomic E-state index is -0.245. The molecule has 0 aromatic heterocycles. The highest BCUT2D eigenvalue weighted by Gasteiger charge is 1.79. The molecule has 0 aliphatic carbocycles. The molecule has 0 saturated carbocycles. The van der Waals surface area contributed by atoms with Gasteiger partial charge in [-0.1, -0.05) is 6.92 Å². The van der Waals surface area contributed by atoms with Crippen molar-refractivity contribution < 1.29 is 9.59 Å². The summed E-state index contributed by atoms with van der Waals surface area (Å²) in [6.07, 6.45) is 0.444. The summed E-state index contributed by atoms with van der Waals surface area (Å²) in [5.74, 6) is -0.206. The summed E-state index contributed by atoms with van der Waals surface area (Å²) in [5, 5.41) is 2.57. The Balaban J connectivity index is 0. The minimum Gasteiger partial charge on any atom is -0.370 e. The van der Waals surface area contributed by atoms with Crippen LogP contribution in [0.4, 0.5) is 0 Å². The topological polar surface area (TPSA) is 72.2 Å². The first-order valence-electron chi connectivity index (χ1n) is 3.57. The lowest BCUT2D eigenvalue weighted by Crippen LogP contribution is -2.18. The zero-order valence-corrected chi connectivity index (χ0v) is 7.31. The number of hydrogen-bond acceptors (Lipinski definition) is 2. The first kappa shape index (κ1) is 12.6. The maximum atomic E-state index is 9.93. The van der Waals surface area contributed by atoms with Crippen molar-refractivity contribution in [1.29, 1.82) is 0 Å². The number of carbonyl (C=O) groups excluding carboxylic acids is 2. The molecule has 0 heterocycles.